The maximum atomic E-state index is 7.17. The van der Waals surface area contributed by atoms with Crippen molar-refractivity contribution in [3.63, 3.8) is 0 Å². The van der Waals surface area contributed by atoms with Crippen LogP contribution in [0.15, 0.2) is 192 Å². The number of anilines is 9. The minimum Gasteiger partial charge on any atom is -0.437 e. The third kappa shape index (κ3) is 6.20. The lowest BCUT2D eigenvalue weighted by molar-refractivity contribution is 0.590. The van der Waals surface area contributed by atoms with Crippen LogP contribution in [0.3, 0.4) is 0 Å². The fourth-order valence-corrected chi connectivity index (χ4v) is 9.29. The SMILES string of the molecule is CC(C)(C)c1ccc(-c2cccc(N3c4cccc5c4N(c4ccc(-c6ccc(C(C)(C)C)cc6)cc4N5c4ccccc4)c4oc5ccc(-c6ccccc6)cc5c43)c2)cc1. The number of benzene rings is 8. The first-order valence-electron chi connectivity index (χ1n) is 21.7. The van der Waals surface area contributed by atoms with Crippen LogP contribution in [0.4, 0.5) is 51.4 Å². The molecule has 2 aliphatic heterocycles. The van der Waals surface area contributed by atoms with Crippen molar-refractivity contribution in [2.75, 3.05) is 14.7 Å². The summed E-state index contributed by atoms with van der Waals surface area (Å²) in [4.78, 5) is 7.22. The van der Waals surface area contributed by atoms with Crippen molar-refractivity contribution < 1.29 is 4.42 Å². The highest BCUT2D eigenvalue weighted by Crippen LogP contribution is 2.65. The molecule has 62 heavy (non-hydrogen) atoms. The van der Waals surface area contributed by atoms with E-state index in [0.717, 1.165) is 79.0 Å². The van der Waals surface area contributed by atoms with Gasteiger partial charge in [0.2, 0.25) is 5.88 Å². The molecular formula is C58H49N3O. The van der Waals surface area contributed by atoms with E-state index in [-0.39, 0.29) is 10.8 Å². The van der Waals surface area contributed by atoms with E-state index in [4.69, 9.17) is 4.42 Å². The van der Waals surface area contributed by atoms with Crippen molar-refractivity contribution in [1.29, 1.82) is 0 Å². The Balaban J connectivity index is 1.15. The van der Waals surface area contributed by atoms with Crippen molar-refractivity contribution in [3.8, 4) is 33.4 Å². The van der Waals surface area contributed by atoms with E-state index in [2.05, 4.69) is 244 Å². The summed E-state index contributed by atoms with van der Waals surface area (Å²) >= 11 is 0. The first kappa shape index (κ1) is 37.7. The summed E-state index contributed by atoms with van der Waals surface area (Å²) in [7, 11) is 0. The second-order valence-electron chi connectivity index (χ2n) is 18.7. The molecule has 2 aliphatic rings. The maximum Gasteiger partial charge on any atom is 0.230 e. The Labute approximate surface area is 364 Å². The molecule has 0 spiro atoms. The summed E-state index contributed by atoms with van der Waals surface area (Å²) in [5.74, 6) is 0.793. The van der Waals surface area contributed by atoms with Gasteiger partial charge in [0, 0.05) is 16.8 Å². The molecule has 0 atom stereocenters. The molecule has 3 heterocycles. The average molecular weight is 804 g/mol. The van der Waals surface area contributed by atoms with Crippen LogP contribution < -0.4 is 14.7 Å². The summed E-state index contributed by atoms with van der Waals surface area (Å²) in [5.41, 5.74) is 19.2. The van der Waals surface area contributed by atoms with Crippen molar-refractivity contribution in [1.82, 2.24) is 0 Å². The number of hydrogen-bond donors (Lipinski definition) is 0. The van der Waals surface area contributed by atoms with Crippen LogP contribution in [0.1, 0.15) is 52.7 Å². The monoisotopic (exact) mass is 803 g/mol. The van der Waals surface area contributed by atoms with Crippen LogP contribution in [0.5, 0.6) is 0 Å². The average Bonchev–Trinajstić information content (AvgIpc) is 3.67. The first-order valence-corrected chi connectivity index (χ1v) is 21.7. The zero-order chi connectivity index (χ0) is 42.3. The molecule has 0 bridgehead atoms. The van der Waals surface area contributed by atoms with E-state index < -0.39 is 0 Å². The number of para-hydroxylation sites is 2. The standard InChI is InChI=1S/C58H49N3O/c1-57(2,3)44-29-23-39(24-30-44)41-17-13-20-47(35-41)60-51-22-14-21-50-55(51)61(56-54(60)48-36-42(28-34-53(48)62-56)38-15-9-7-10-16-38)49-33-27-43(40-25-31-45(32-26-40)58(4,5)6)37-52(49)59(50)46-18-11-8-12-19-46/h7-37H,1-6H3. The van der Waals surface area contributed by atoms with Gasteiger partial charge in [0.25, 0.3) is 0 Å². The van der Waals surface area contributed by atoms with Crippen LogP contribution in [0, 0.1) is 0 Å². The van der Waals surface area contributed by atoms with Gasteiger partial charge in [0.1, 0.15) is 11.3 Å². The summed E-state index contributed by atoms with van der Waals surface area (Å²) < 4.78 is 7.17. The predicted octanol–water partition coefficient (Wildman–Crippen LogP) is 17.1. The van der Waals surface area contributed by atoms with Crippen LogP contribution >= 0.6 is 0 Å². The third-order valence-corrected chi connectivity index (χ3v) is 12.6. The molecule has 0 unspecified atom stereocenters. The largest absolute Gasteiger partial charge is 0.437 e. The molecule has 0 aliphatic carbocycles. The zero-order valence-corrected chi connectivity index (χ0v) is 36.1. The van der Waals surface area contributed by atoms with Gasteiger partial charge in [-0.1, -0.05) is 169 Å². The van der Waals surface area contributed by atoms with Crippen molar-refractivity contribution >= 4 is 62.4 Å². The molecule has 0 saturated carbocycles. The third-order valence-electron chi connectivity index (χ3n) is 12.6. The summed E-state index contributed by atoms with van der Waals surface area (Å²) in [6.45, 7) is 13.6. The molecule has 0 radical (unpaired) electrons. The number of nitrogens with zero attached hydrogens (tertiary/aromatic N) is 3. The number of hydrogen-bond acceptors (Lipinski definition) is 4. The van der Waals surface area contributed by atoms with E-state index in [0.29, 0.717) is 0 Å². The maximum absolute atomic E-state index is 7.17. The summed E-state index contributed by atoms with van der Waals surface area (Å²) in [6, 6.07) is 68.7. The highest BCUT2D eigenvalue weighted by Gasteiger charge is 2.42. The Kier molecular flexibility index (Phi) is 8.59. The lowest BCUT2D eigenvalue weighted by Crippen LogP contribution is -2.29. The molecule has 0 fully saturated rings. The number of fused-ring (bicyclic) bond motifs is 6. The van der Waals surface area contributed by atoms with E-state index in [1.807, 2.05) is 0 Å². The Hall–Kier alpha value is -7.30. The molecule has 0 saturated heterocycles. The van der Waals surface area contributed by atoms with E-state index in [1.54, 1.807) is 0 Å². The van der Waals surface area contributed by atoms with Gasteiger partial charge < -0.3 is 14.2 Å². The highest BCUT2D eigenvalue weighted by molar-refractivity contribution is 6.17. The fraction of sp³-hybridized carbons (Fsp3) is 0.138. The summed E-state index contributed by atoms with van der Waals surface area (Å²) in [6.07, 6.45) is 0. The normalized spacial score (nSPS) is 13.2. The van der Waals surface area contributed by atoms with Gasteiger partial charge in [0.15, 0.2) is 0 Å². The Morgan fingerprint density at radius 3 is 1.48 bits per heavy atom. The van der Waals surface area contributed by atoms with Crippen LogP contribution in [-0.2, 0) is 10.8 Å². The minimum atomic E-state index is 0.0766. The molecule has 4 nitrogen and oxygen atoms in total. The van der Waals surface area contributed by atoms with Gasteiger partial charge >= 0.3 is 0 Å². The van der Waals surface area contributed by atoms with Crippen LogP contribution in [0.25, 0.3) is 44.3 Å². The Morgan fingerprint density at radius 1 is 0.339 bits per heavy atom. The van der Waals surface area contributed by atoms with Gasteiger partial charge in [-0.05, 0) is 116 Å². The zero-order valence-electron chi connectivity index (χ0n) is 36.1. The van der Waals surface area contributed by atoms with Crippen LogP contribution in [0.2, 0.25) is 0 Å². The molecule has 302 valence electrons. The highest BCUT2D eigenvalue weighted by atomic mass is 16.4. The minimum absolute atomic E-state index is 0.0766. The van der Waals surface area contributed by atoms with Crippen molar-refractivity contribution in [2.45, 2.75) is 52.4 Å². The van der Waals surface area contributed by atoms with Gasteiger partial charge in [0.05, 0.1) is 28.4 Å². The Morgan fingerprint density at radius 2 is 0.839 bits per heavy atom. The smallest absolute Gasteiger partial charge is 0.230 e. The number of furan rings is 1. The van der Waals surface area contributed by atoms with Crippen molar-refractivity contribution in [2.24, 2.45) is 0 Å². The van der Waals surface area contributed by atoms with E-state index in [9.17, 15) is 0 Å². The van der Waals surface area contributed by atoms with Crippen molar-refractivity contribution in [3.05, 3.63) is 199 Å². The van der Waals surface area contributed by atoms with Gasteiger partial charge in [-0.15, -0.1) is 0 Å². The predicted molar refractivity (Wildman–Crippen MR) is 261 cm³/mol. The van der Waals surface area contributed by atoms with Gasteiger partial charge in [-0.25, -0.2) is 0 Å². The molecule has 4 heteroatoms. The molecule has 0 amide bonds. The molecule has 0 N–H and O–H groups in total. The Bertz CT molecular complexity index is 3130. The molecule has 11 rings (SSSR count). The van der Waals surface area contributed by atoms with E-state index >= 15 is 0 Å². The lowest BCUT2D eigenvalue weighted by Gasteiger charge is -2.45. The molecule has 1 aromatic heterocycles. The van der Waals surface area contributed by atoms with Crippen LogP contribution in [-0.4, -0.2) is 0 Å². The quantitative estimate of drug-likeness (QED) is 0.173. The summed E-state index contributed by atoms with van der Waals surface area (Å²) in [5, 5.41) is 1.06. The van der Waals surface area contributed by atoms with Gasteiger partial charge in [-0.2, -0.15) is 0 Å². The van der Waals surface area contributed by atoms with Gasteiger partial charge in [-0.3, -0.25) is 4.90 Å². The molecule has 9 aromatic rings. The first-order chi connectivity index (χ1) is 30.0. The molecular weight excluding hydrogens is 755 g/mol. The fourth-order valence-electron chi connectivity index (χ4n) is 9.29. The molecule has 8 aromatic carbocycles. The lowest BCUT2D eigenvalue weighted by atomic mass is 9.86. The van der Waals surface area contributed by atoms with E-state index in [1.165, 1.54) is 27.8 Å². The second kappa shape index (κ2) is 14.1. The number of rotatable bonds is 5. The topological polar surface area (TPSA) is 22.9 Å². The second-order valence-corrected chi connectivity index (χ2v) is 18.7.